The molecule has 0 aliphatic rings. The lowest BCUT2D eigenvalue weighted by molar-refractivity contribution is 0.102. The molecule has 28 heavy (non-hydrogen) atoms. The molecule has 142 valence electrons. The number of imidazole rings is 1. The van der Waals surface area contributed by atoms with E-state index in [9.17, 15) is 9.18 Å². The van der Waals surface area contributed by atoms with Crippen molar-refractivity contribution in [1.82, 2.24) is 19.9 Å². The third-order valence-electron chi connectivity index (χ3n) is 4.00. The number of H-pyrrole nitrogens is 1. The highest BCUT2D eigenvalue weighted by atomic mass is 35.5. The normalized spacial score (nSPS) is 10.4. The summed E-state index contributed by atoms with van der Waals surface area (Å²) >= 11 is 0. The molecule has 0 unspecified atom stereocenters. The van der Waals surface area contributed by atoms with E-state index in [1.807, 2.05) is 0 Å². The van der Waals surface area contributed by atoms with Gasteiger partial charge in [0, 0.05) is 24.0 Å². The Hall–Kier alpha value is -3.52. The van der Waals surface area contributed by atoms with Crippen molar-refractivity contribution in [2.24, 2.45) is 0 Å². The van der Waals surface area contributed by atoms with Gasteiger partial charge in [0.15, 0.2) is 5.65 Å². The van der Waals surface area contributed by atoms with Crippen molar-refractivity contribution in [3.05, 3.63) is 66.4 Å². The first kappa shape index (κ1) is 19.2. The van der Waals surface area contributed by atoms with Crippen molar-refractivity contribution in [1.29, 1.82) is 0 Å². The summed E-state index contributed by atoms with van der Waals surface area (Å²) in [4.78, 5) is 28.4. The quantitative estimate of drug-likeness (QED) is 0.544. The highest BCUT2D eigenvalue weighted by molar-refractivity contribution is 6.11. The molecule has 0 radical (unpaired) electrons. The number of nitrogens with zero attached hydrogens (tertiary/aromatic N) is 3. The van der Waals surface area contributed by atoms with Gasteiger partial charge < -0.3 is 15.0 Å². The number of hydrogen-bond donors (Lipinski definition) is 2. The van der Waals surface area contributed by atoms with Gasteiger partial charge in [-0.3, -0.25) is 9.78 Å². The number of methoxy groups -OCH3 is 1. The summed E-state index contributed by atoms with van der Waals surface area (Å²) in [5.74, 6) is 0.304. The second kappa shape index (κ2) is 8.01. The molecule has 0 atom stereocenters. The van der Waals surface area contributed by atoms with Gasteiger partial charge in [0.1, 0.15) is 23.1 Å². The fraction of sp³-hybridized carbons (Fsp3) is 0.0526. The minimum atomic E-state index is -0.358. The standard InChI is InChI=1S/C19H14FN5O2.ClH/c1-27-15-7-8-21-10-14(15)23-19(26)13-6-9-22-18-16(13)24-17(25-18)11-2-4-12(20)5-3-11;/h2-10H,1H3,(H,23,26)(H,22,24,25);1H. The van der Waals surface area contributed by atoms with Crippen LogP contribution in [0.15, 0.2) is 55.0 Å². The zero-order valence-corrected chi connectivity index (χ0v) is 15.5. The van der Waals surface area contributed by atoms with Crippen molar-refractivity contribution in [3.8, 4) is 17.1 Å². The molecule has 3 aromatic heterocycles. The van der Waals surface area contributed by atoms with Crippen LogP contribution < -0.4 is 10.1 Å². The highest BCUT2D eigenvalue weighted by Gasteiger charge is 2.16. The predicted molar refractivity (Wildman–Crippen MR) is 105 cm³/mol. The lowest BCUT2D eigenvalue weighted by atomic mass is 10.2. The zero-order chi connectivity index (χ0) is 18.8. The minimum absolute atomic E-state index is 0. The Balaban J connectivity index is 0.00000225. The molecule has 7 nitrogen and oxygen atoms in total. The molecule has 1 amide bonds. The molecule has 0 aliphatic carbocycles. The summed E-state index contributed by atoms with van der Waals surface area (Å²) in [6.45, 7) is 0. The summed E-state index contributed by atoms with van der Waals surface area (Å²) in [6, 6.07) is 9.14. The molecule has 4 aromatic rings. The monoisotopic (exact) mass is 399 g/mol. The number of fused-ring (bicyclic) bond motifs is 1. The molecule has 0 saturated carbocycles. The minimum Gasteiger partial charge on any atom is -0.494 e. The molecule has 0 saturated heterocycles. The summed E-state index contributed by atoms with van der Waals surface area (Å²) in [7, 11) is 1.51. The van der Waals surface area contributed by atoms with Gasteiger partial charge in [0.2, 0.25) is 0 Å². The average Bonchev–Trinajstić information content (AvgIpc) is 3.13. The molecule has 3 heterocycles. The number of carbonyl (C=O) groups excluding carboxylic acids is 1. The summed E-state index contributed by atoms with van der Waals surface area (Å²) in [6.07, 6.45) is 4.59. The first-order valence-corrected chi connectivity index (χ1v) is 8.05. The summed E-state index contributed by atoms with van der Waals surface area (Å²) in [5, 5.41) is 2.77. The van der Waals surface area contributed by atoms with Crippen LogP contribution in [0.4, 0.5) is 10.1 Å². The summed E-state index contributed by atoms with van der Waals surface area (Å²) < 4.78 is 18.4. The SMILES string of the molecule is COc1ccncc1NC(=O)c1ccnc2nc(-c3ccc(F)cc3)[nH]c12.Cl. The van der Waals surface area contributed by atoms with Gasteiger partial charge in [-0.05, 0) is 30.3 Å². The maximum absolute atomic E-state index is 13.1. The maximum atomic E-state index is 13.1. The number of carbonyl (C=O) groups is 1. The van der Waals surface area contributed by atoms with Gasteiger partial charge >= 0.3 is 0 Å². The van der Waals surface area contributed by atoms with Gasteiger partial charge in [0.25, 0.3) is 5.91 Å². The van der Waals surface area contributed by atoms with E-state index in [4.69, 9.17) is 4.74 Å². The Morgan fingerprint density at radius 2 is 1.93 bits per heavy atom. The number of hydrogen-bond acceptors (Lipinski definition) is 5. The van der Waals surface area contributed by atoms with E-state index in [0.717, 1.165) is 0 Å². The Labute approximate surface area is 165 Å². The Morgan fingerprint density at radius 3 is 2.68 bits per heavy atom. The van der Waals surface area contributed by atoms with Gasteiger partial charge in [-0.25, -0.2) is 14.4 Å². The van der Waals surface area contributed by atoms with E-state index in [1.54, 1.807) is 30.5 Å². The first-order chi connectivity index (χ1) is 13.2. The van der Waals surface area contributed by atoms with Crippen LogP contribution in [-0.2, 0) is 0 Å². The molecular formula is C19H15ClFN5O2. The molecule has 0 bridgehead atoms. The fourth-order valence-electron chi connectivity index (χ4n) is 2.69. The van der Waals surface area contributed by atoms with Crippen LogP contribution in [0.3, 0.4) is 0 Å². The number of halogens is 2. The first-order valence-electron chi connectivity index (χ1n) is 8.05. The number of aromatic nitrogens is 4. The van der Waals surface area contributed by atoms with Crippen LogP contribution in [0.25, 0.3) is 22.6 Å². The number of pyridine rings is 2. The molecule has 1 aromatic carbocycles. The molecular weight excluding hydrogens is 385 g/mol. The van der Waals surface area contributed by atoms with Crippen molar-refractivity contribution in [2.45, 2.75) is 0 Å². The van der Waals surface area contributed by atoms with Crippen LogP contribution in [-0.4, -0.2) is 33.0 Å². The average molecular weight is 400 g/mol. The second-order valence-corrected chi connectivity index (χ2v) is 5.68. The van der Waals surface area contributed by atoms with Crippen molar-refractivity contribution < 1.29 is 13.9 Å². The molecule has 0 fully saturated rings. The van der Waals surface area contributed by atoms with Crippen LogP contribution in [0.2, 0.25) is 0 Å². The smallest absolute Gasteiger partial charge is 0.258 e. The Kier molecular flexibility index (Phi) is 5.51. The van der Waals surface area contributed by atoms with Gasteiger partial charge in [-0.1, -0.05) is 0 Å². The summed E-state index contributed by atoms with van der Waals surface area (Å²) in [5.41, 5.74) is 2.38. The second-order valence-electron chi connectivity index (χ2n) is 5.68. The Bertz CT molecular complexity index is 1130. The zero-order valence-electron chi connectivity index (χ0n) is 14.6. The molecule has 4 rings (SSSR count). The number of anilines is 1. The highest BCUT2D eigenvalue weighted by Crippen LogP contribution is 2.25. The van der Waals surface area contributed by atoms with E-state index in [0.29, 0.717) is 39.6 Å². The number of rotatable bonds is 4. The Morgan fingerprint density at radius 1 is 1.14 bits per heavy atom. The third-order valence-corrected chi connectivity index (χ3v) is 4.00. The van der Waals surface area contributed by atoms with E-state index < -0.39 is 0 Å². The molecule has 9 heteroatoms. The topological polar surface area (TPSA) is 92.8 Å². The van der Waals surface area contributed by atoms with Crippen molar-refractivity contribution in [2.75, 3.05) is 12.4 Å². The van der Waals surface area contributed by atoms with Crippen LogP contribution in [0, 0.1) is 5.82 Å². The maximum Gasteiger partial charge on any atom is 0.258 e. The largest absolute Gasteiger partial charge is 0.494 e. The van der Waals surface area contributed by atoms with Gasteiger partial charge in [0.05, 0.1) is 24.4 Å². The van der Waals surface area contributed by atoms with E-state index in [1.165, 1.54) is 31.6 Å². The van der Waals surface area contributed by atoms with E-state index in [-0.39, 0.29) is 24.1 Å². The third kappa shape index (κ3) is 3.63. The molecule has 0 aliphatic heterocycles. The van der Waals surface area contributed by atoms with Crippen LogP contribution in [0.5, 0.6) is 5.75 Å². The van der Waals surface area contributed by atoms with Crippen molar-refractivity contribution in [3.63, 3.8) is 0 Å². The number of ether oxygens (including phenoxy) is 1. The van der Waals surface area contributed by atoms with E-state index >= 15 is 0 Å². The number of amides is 1. The molecule has 2 N–H and O–H groups in total. The lowest BCUT2D eigenvalue weighted by Gasteiger charge is -2.09. The van der Waals surface area contributed by atoms with Crippen molar-refractivity contribution >= 4 is 35.2 Å². The number of nitrogens with one attached hydrogen (secondary N) is 2. The van der Waals surface area contributed by atoms with Gasteiger partial charge in [-0.15, -0.1) is 12.4 Å². The molecule has 0 spiro atoms. The van der Waals surface area contributed by atoms with E-state index in [2.05, 4.69) is 25.3 Å². The number of benzene rings is 1. The van der Waals surface area contributed by atoms with Crippen LogP contribution in [0.1, 0.15) is 10.4 Å². The van der Waals surface area contributed by atoms with Gasteiger partial charge in [-0.2, -0.15) is 0 Å². The predicted octanol–water partition coefficient (Wildman–Crippen LogP) is 3.84. The van der Waals surface area contributed by atoms with Crippen LogP contribution >= 0.6 is 12.4 Å². The fourth-order valence-corrected chi connectivity index (χ4v) is 2.69. The number of aromatic amines is 1. The lowest BCUT2D eigenvalue weighted by Crippen LogP contribution is -2.13.